The number of amides is 2. The fourth-order valence-corrected chi connectivity index (χ4v) is 4.48. The van der Waals surface area contributed by atoms with Crippen LogP contribution in [-0.4, -0.2) is 63.2 Å². The number of carbonyl (C=O) groups is 2. The molecule has 1 saturated heterocycles. The molecule has 4 rings (SSSR count). The molecule has 0 aromatic heterocycles. The molecule has 2 aliphatic heterocycles. The van der Waals surface area contributed by atoms with Gasteiger partial charge in [-0.05, 0) is 41.8 Å². The molecule has 2 N–H and O–H groups in total. The predicted molar refractivity (Wildman–Crippen MR) is 126 cm³/mol. The van der Waals surface area contributed by atoms with E-state index in [1.165, 1.54) is 23.4 Å². The minimum absolute atomic E-state index is 0.0808. The molecule has 2 aromatic rings. The number of nitrogens with one attached hydrogen (secondary N) is 2. The summed E-state index contributed by atoms with van der Waals surface area (Å²) in [6.45, 7) is 4.03. The quantitative estimate of drug-likeness (QED) is 0.655. The van der Waals surface area contributed by atoms with E-state index in [2.05, 4.69) is 45.7 Å². The minimum atomic E-state index is -0.843. The molecule has 0 bridgehead atoms. The van der Waals surface area contributed by atoms with Gasteiger partial charge in [-0.2, -0.15) is 5.26 Å². The third-order valence-corrected chi connectivity index (χ3v) is 6.35. The van der Waals surface area contributed by atoms with Crippen molar-refractivity contribution >= 4 is 34.8 Å². The largest absolute Gasteiger partial charge is 0.379 e. The number of hydrogen-bond donors (Lipinski definition) is 2. The van der Waals surface area contributed by atoms with Gasteiger partial charge in [0, 0.05) is 43.9 Å². The van der Waals surface area contributed by atoms with Crippen LogP contribution in [0.4, 0.5) is 11.4 Å². The summed E-state index contributed by atoms with van der Waals surface area (Å²) in [5.74, 6) is -1.61. The highest BCUT2D eigenvalue weighted by Crippen LogP contribution is 2.31. The fourth-order valence-electron chi connectivity index (χ4n) is 4.31. The van der Waals surface area contributed by atoms with E-state index in [4.69, 9.17) is 16.3 Å². The van der Waals surface area contributed by atoms with Crippen molar-refractivity contribution in [2.75, 3.05) is 56.7 Å². The Labute approximate surface area is 198 Å². The first-order valence-corrected chi connectivity index (χ1v) is 11.3. The van der Waals surface area contributed by atoms with Gasteiger partial charge in [-0.25, -0.2) is 0 Å². The van der Waals surface area contributed by atoms with Crippen LogP contribution < -0.4 is 15.5 Å². The van der Waals surface area contributed by atoms with Gasteiger partial charge < -0.3 is 20.3 Å². The number of fused-ring (bicyclic) bond motifs is 1. The Kier molecular flexibility index (Phi) is 7.14. The van der Waals surface area contributed by atoms with Crippen molar-refractivity contribution in [3.05, 3.63) is 58.1 Å². The zero-order valence-electron chi connectivity index (χ0n) is 18.4. The summed E-state index contributed by atoms with van der Waals surface area (Å²) >= 11 is 5.96. The Morgan fingerprint density at radius 2 is 1.94 bits per heavy atom. The number of benzene rings is 2. The lowest BCUT2D eigenvalue weighted by Crippen LogP contribution is -2.45. The van der Waals surface area contributed by atoms with Crippen molar-refractivity contribution in [2.24, 2.45) is 0 Å². The third kappa shape index (κ3) is 5.28. The number of rotatable bonds is 5. The number of anilines is 2. The lowest BCUT2D eigenvalue weighted by atomic mass is 10.0. The molecule has 1 atom stereocenters. The van der Waals surface area contributed by atoms with Crippen LogP contribution in [0.25, 0.3) is 0 Å². The molecule has 9 heteroatoms. The molecule has 2 aromatic carbocycles. The maximum absolute atomic E-state index is 12.6. The van der Waals surface area contributed by atoms with Crippen LogP contribution in [0.2, 0.25) is 5.02 Å². The van der Waals surface area contributed by atoms with Crippen molar-refractivity contribution in [1.29, 1.82) is 5.26 Å². The van der Waals surface area contributed by atoms with E-state index < -0.39 is 11.8 Å². The van der Waals surface area contributed by atoms with Gasteiger partial charge in [-0.1, -0.05) is 23.7 Å². The summed E-state index contributed by atoms with van der Waals surface area (Å²) in [7, 11) is 2.08. The van der Waals surface area contributed by atoms with E-state index in [1.54, 1.807) is 6.07 Å². The predicted octanol–water partition coefficient (Wildman–Crippen LogP) is 2.33. The smallest absolute Gasteiger partial charge is 0.313 e. The van der Waals surface area contributed by atoms with Crippen LogP contribution in [-0.2, 0) is 20.7 Å². The van der Waals surface area contributed by atoms with E-state index in [9.17, 15) is 14.9 Å². The van der Waals surface area contributed by atoms with E-state index >= 15 is 0 Å². The summed E-state index contributed by atoms with van der Waals surface area (Å²) < 4.78 is 5.50. The van der Waals surface area contributed by atoms with Crippen LogP contribution in [0, 0.1) is 11.3 Å². The number of hydrogen-bond acceptors (Lipinski definition) is 6. The molecule has 172 valence electrons. The van der Waals surface area contributed by atoms with Crippen LogP contribution in [0.15, 0.2) is 36.4 Å². The second-order valence-electron chi connectivity index (χ2n) is 8.19. The van der Waals surface area contributed by atoms with E-state index in [-0.39, 0.29) is 23.8 Å². The van der Waals surface area contributed by atoms with Crippen LogP contribution >= 0.6 is 11.6 Å². The highest BCUT2D eigenvalue weighted by molar-refractivity contribution is 6.40. The maximum atomic E-state index is 12.6. The fraction of sp³-hybridized carbons (Fsp3) is 0.375. The number of likely N-dealkylation sites (N-methyl/N-ethyl adjacent to an activating group) is 1. The Hall–Kier alpha value is -3.12. The third-order valence-electron chi connectivity index (χ3n) is 6.12. The average molecular weight is 468 g/mol. The zero-order valence-corrected chi connectivity index (χ0v) is 19.2. The van der Waals surface area contributed by atoms with Gasteiger partial charge in [0.15, 0.2) is 0 Å². The summed E-state index contributed by atoms with van der Waals surface area (Å²) in [5, 5.41) is 14.8. The van der Waals surface area contributed by atoms with Crippen molar-refractivity contribution in [3.8, 4) is 6.07 Å². The number of nitrogens with zero attached hydrogens (tertiary/aromatic N) is 3. The molecule has 2 heterocycles. The molecule has 2 amide bonds. The molecule has 0 aliphatic carbocycles. The molecule has 2 aliphatic rings. The van der Waals surface area contributed by atoms with Gasteiger partial charge in [0.1, 0.15) is 6.07 Å². The topological polar surface area (TPSA) is 97.7 Å². The van der Waals surface area contributed by atoms with Crippen molar-refractivity contribution in [2.45, 2.75) is 12.5 Å². The molecule has 1 fully saturated rings. The normalized spacial score (nSPS) is 16.6. The summed E-state index contributed by atoms with van der Waals surface area (Å²) in [5.41, 5.74) is 4.07. The highest BCUT2D eigenvalue weighted by Gasteiger charge is 2.26. The first kappa shape index (κ1) is 23.1. The molecular weight excluding hydrogens is 442 g/mol. The number of nitriles is 1. The van der Waals surface area contributed by atoms with Gasteiger partial charge in [0.25, 0.3) is 0 Å². The molecule has 0 unspecified atom stereocenters. The average Bonchev–Trinajstić information content (AvgIpc) is 3.20. The Morgan fingerprint density at radius 3 is 2.70 bits per heavy atom. The second kappa shape index (κ2) is 10.2. The Bertz CT molecular complexity index is 1090. The number of carbonyl (C=O) groups excluding carboxylic acids is 2. The van der Waals surface area contributed by atoms with E-state index in [0.29, 0.717) is 18.2 Å². The molecule has 0 saturated carbocycles. The number of halogens is 1. The monoisotopic (exact) mass is 467 g/mol. The molecule has 8 nitrogen and oxygen atoms in total. The highest BCUT2D eigenvalue weighted by atomic mass is 35.5. The standard InChI is InChI=1S/C24H26ClN5O3/c1-29-7-6-17-12-16(3-5-21(17)29)22(30-8-10-33-11-9-30)15-27-23(31)24(32)28-20-13-19(25)4-2-18(20)14-26/h2-5,12-13,22H,6-11,15H2,1H3,(H,27,31)(H,28,32)/t22-/m0/s1. The molecule has 33 heavy (non-hydrogen) atoms. The van der Waals surface area contributed by atoms with E-state index in [1.807, 2.05) is 6.07 Å². The van der Waals surface area contributed by atoms with Crippen LogP contribution in [0.3, 0.4) is 0 Å². The van der Waals surface area contributed by atoms with Crippen molar-refractivity contribution in [1.82, 2.24) is 10.2 Å². The summed E-state index contributed by atoms with van der Waals surface area (Å²) in [6, 6.07) is 12.8. The number of ether oxygens (including phenoxy) is 1. The zero-order chi connectivity index (χ0) is 23.4. The lowest BCUT2D eigenvalue weighted by molar-refractivity contribution is -0.136. The Morgan fingerprint density at radius 1 is 1.15 bits per heavy atom. The van der Waals surface area contributed by atoms with Crippen LogP contribution in [0.5, 0.6) is 0 Å². The molecule has 0 spiro atoms. The first-order valence-electron chi connectivity index (χ1n) is 10.9. The van der Waals surface area contributed by atoms with Gasteiger partial charge in [-0.3, -0.25) is 14.5 Å². The van der Waals surface area contributed by atoms with Gasteiger partial charge in [-0.15, -0.1) is 0 Å². The maximum Gasteiger partial charge on any atom is 0.313 e. The molecule has 0 radical (unpaired) electrons. The lowest BCUT2D eigenvalue weighted by Gasteiger charge is -2.35. The van der Waals surface area contributed by atoms with Gasteiger partial charge >= 0.3 is 11.8 Å². The second-order valence-corrected chi connectivity index (χ2v) is 8.63. The van der Waals surface area contributed by atoms with E-state index in [0.717, 1.165) is 31.6 Å². The van der Waals surface area contributed by atoms with Gasteiger partial charge in [0.2, 0.25) is 0 Å². The minimum Gasteiger partial charge on any atom is -0.379 e. The Balaban J connectivity index is 1.47. The first-order chi connectivity index (χ1) is 16.0. The summed E-state index contributed by atoms with van der Waals surface area (Å²) in [6.07, 6.45) is 0.991. The summed E-state index contributed by atoms with van der Waals surface area (Å²) in [4.78, 5) is 29.6. The number of morpholine rings is 1. The van der Waals surface area contributed by atoms with Gasteiger partial charge in [0.05, 0.1) is 30.5 Å². The van der Waals surface area contributed by atoms with Crippen LogP contribution in [0.1, 0.15) is 22.7 Å². The SMILES string of the molecule is CN1CCc2cc([C@H](CNC(=O)C(=O)Nc3cc(Cl)ccc3C#N)N3CCOCC3)ccc21. The van der Waals surface area contributed by atoms with Crippen molar-refractivity contribution in [3.63, 3.8) is 0 Å². The van der Waals surface area contributed by atoms with Crippen molar-refractivity contribution < 1.29 is 14.3 Å². The molecular formula is C24H26ClN5O3.